The monoisotopic (exact) mass is 519 g/mol. The summed E-state index contributed by atoms with van der Waals surface area (Å²) in [6, 6.07) is 4.21. The van der Waals surface area contributed by atoms with Gasteiger partial charge in [0.15, 0.2) is 5.75 Å². The number of rotatable bonds is 4. The first kappa shape index (κ1) is 27.7. The number of benzene rings is 1. The third kappa shape index (κ3) is 4.51. The normalized spacial score (nSPS) is 21.7. The molecule has 1 N–H and O–H groups in total. The number of halogens is 2. The van der Waals surface area contributed by atoms with E-state index < -0.39 is 29.2 Å². The van der Waals surface area contributed by atoms with Crippen molar-refractivity contribution in [1.29, 1.82) is 0 Å². The maximum absolute atomic E-state index is 13.5. The fourth-order valence-corrected chi connectivity index (χ4v) is 5.45. The molecule has 2 aliphatic heterocycles. The maximum atomic E-state index is 13.5. The van der Waals surface area contributed by atoms with Crippen molar-refractivity contribution in [3.05, 3.63) is 61.8 Å². The van der Waals surface area contributed by atoms with E-state index in [2.05, 4.69) is 6.92 Å². The molecule has 5 rings (SSSR count). The summed E-state index contributed by atoms with van der Waals surface area (Å²) < 4.78 is 14.9. The third-order valence-corrected chi connectivity index (χ3v) is 7.34. The SMILES string of the molecule is CC.CC.CCC1CC1C1N(C)C(=O)c2c3c(c(O)c(=O)n21)C(=O)N(Cc1ccc(F)c(Cl)c1)CC3. The van der Waals surface area contributed by atoms with Gasteiger partial charge in [-0.2, -0.15) is 0 Å². The highest BCUT2D eigenvalue weighted by molar-refractivity contribution is 6.30. The summed E-state index contributed by atoms with van der Waals surface area (Å²) in [5, 5.41) is 10.7. The Morgan fingerprint density at radius 1 is 1.11 bits per heavy atom. The highest BCUT2D eigenvalue weighted by Crippen LogP contribution is 2.52. The van der Waals surface area contributed by atoms with E-state index >= 15 is 0 Å². The van der Waals surface area contributed by atoms with Gasteiger partial charge < -0.3 is 14.9 Å². The summed E-state index contributed by atoms with van der Waals surface area (Å²) >= 11 is 5.85. The average molecular weight is 520 g/mol. The molecule has 2 amide bonds. The molecule has 3 heterocycles. The summed E-state index contributed by atoms with van der Waals surface area (Å²) in [7, 11) is 1.67. The first-order chi connectivity index (χ1) is 17.2. The smallest absolute Gasteiger partial charge is 0.295 e. The maximum Gasteiger partial charge on any atom is 0.295 e. The molecule has 0 bridgehead atoms. The van der Waals surface area contributed by atoms with Crippen molar-refractivity contribution in [2.24, 2.45) is 11.8 Å². The van der Waals surface area contributed by atoms with Gasteiger partial charge in [0.1, 0.15) is 17.7 Å². The van der Waals surface area contributed by atoms with E-state index in [1.807, 2.05) is 27.7 Å². The van der Waals surface area contributed by atoms with Gasteiger partial charge in [0, 0.05) is 31.6 Å². The van der Waals surface area contributed by atoms with Crippen molar-refractivity contribution in [3.8, 4) is 5.75 Å². The zero-order valence-corrected chi connectivity index (χ0v) is 22.5. The molecule has 0 radical (unpaired) electrons. The van der Waals surface area contributed by atoms with Crippen LogP contribution in [0, 0.1) is 17.7 Å². The van der Waals surface area contributed by atoms with Crippen LogP contribution in [-0.2, 0) is 13.0 Å². The van der Waals surface area contributed by atoms with E-state index in [4.69, 9.17) is 11.6 Å². The number of nitrogens with zero attached hydrogens (tertiary/aromatic N) is 3. The van der Waals surface area contributed by atoms with Gasteiger partial charge in [0.2, 0.25) is 0 Å². The van der Waals surface area contributed by atoms with Gasteiger partial charge in [-0.3, -0.25) is 19.0 Å². The van der Waals surface area contributed by atoms with Crippen LogP contribution in [0.5, 0.6) is 5.75 Å². The largest absolute Gasteiger partial charge is 0.502 e. The Morgan fingerprint density at radius 3 is 2.36 bits per heavy atom. The number of aromatic nitrogens is 1. The van der Waals surface area contributed by atoms with Crippen molar-refractivity contribution in [1.82, 2.24) is 14.4 Å². The Bertz CT molecular complexity index is 1230. The second kappa shape index (κ2) is 11.0. The first-order valence-corrected chi connectivity index (χ1v) is 13.1. The molecule has 2 aromatic rings. The van der Waals surface area contributed by atoms with Crippen molar-refractivity contribution in [2.75, 3.05) is 13.6 Å². The predicted molar refractivity (Wildman–Crippen MR) is 138 cm³/mol. The molecule has 1 aromatic heterocycles. The summed E-state index contributed by atoms with van der Waals surface area (Å²) in [4.78, 5) is 42.6. The van der Waals surface area contributed by atoms with Crippen LogP contribution in [0.3, 0.4) is 0 Å². The minimum atomic E-state index is -0.705. The number of carbonyl (C=O) groups is 2. The number of hydrogen-bond donors (Lipinski definition) is 1. The quantitative estimate of drug-likeness (QED) is 0.599. The van der Waals surface area contributed by atoms with Crippen LogP contribution in [0.25, 0.3) is 0 Å². The van der Waals surface area contributed by atoms with Gasteiger partial charge in [0.25, 0.3) is 17.4 Å². The van der Waals surface area contributed by atoms with Gasteiger partial charge in [-0.15, -0.1) is 0 Å². The van der Waals surface area contributed by atoms with E-state index in [0.717, 1.165) is 12.8 Å². The van der Waals surface area contributed by atoms with E-state index in [-0.39, 0.29) is 34.6 Å². The topological polar surface area (TPSA) is 82.9 Å². The molecule has 9 heteroatoms. The molecule has 0 spiro atoms. The molecule has 3 aliphatic rings. The molecule has 1 saturated carbocycles. The standard InChI is InChI=1S/C23H23ClFN3O4.2C2H6/c1-3-12-9-14(12)20-26(2)22(31)18-13-6-7-27(10-11-4-5-16(25)15(24)8-11)21(30)17(13)19(29)23(32)28(18)20;2*1-2/h4-5,8,12,14,20,29H,3,6-7,9-10H2,1-2H3;2*1-2H3. The second-order valence-electron chi connectivity index (χ2n) is 8.85. The number of carbonyl (C=O) groups excluding carboxylic acids is 2. The Morgan fingerprint density at radius 2 is 1.78 bits per heavy atom. The molecule has 1 aliphatic carbocycles. The van der Waals surface area contributed by atoms with Crippen LogP contribution >= 0.6 is 11.6 Å². The number of amides is 2. The fourth-order valence-electron chi connectivity index (χ4n) is 5.25. The van der Waals surface area contributed by atoms with E-state index in [9.17, 15) is 23.9 Å². The Labute approximate surface area is 216 Å². The van der Waals surface area contributed by atoms with Crippen LogP contribution in [0.1, 0.15) is 85.6 Å². The summed E-state index contributed by atoms with van der Waals surface area (Å²) in [6.45, 7) is 10.5. The van der Waals surface area contributed by atoms with Gasteiger partial charge in [-0.25, -0.2) is 4.39 Å². The van der Waals surface area contributed by atoms with Crippen LogP contribution in [0.2, 0.25) is 5.02 Å². The lowest BCUT2D eigenvalue weighted by molar-refractivity contribution is 0.0721. The highest BCUT2D eigenvalue weighted by Gasteiger charge is 2.52. The van der Waals surface area contributed by atoms with Crippen molar-refractivity contribution < 1.29 is 19.1 Å². The third-order valence-electron chi connectivity index (χ3n) is 7.05. The van der Waals surface area contributed by atoms with Gasteiger partial charge >= 0.3 is 0 Å². The van der Waals surface area contributed by atoms with Crippen molar-refractivity contribution in [3.63, 3.8) is 0 Å². The number of aromatic hydroxyl groups is 1. The molecule has 1 aromatic carbocycles. The molecule has 7 nitrogen and oxygen atoms in total. The molecule has 3 atom stereocenters. The molecule has 1 fully saturated rings. The zero-order chi connectivity index (χ0) is 26.9. The van der Waals surface area contributed by atoms with Crippen LogP contribution < -0.4 is 5.56 Å². The molecular weight excluding hydrogens is 485 g/mol. The molecule has 36 heavy (non-hydrogen) atoms. The van der Waals surface area contributed by atoms with E-state index in [1.54, 1.807) is 11.9 Å². The molecule has 0 saturated heterocycles. The number of pyridine rings is 1. The fraction of sp³-hybridized carbons (Fsp3) is 0.519. The Kier molecular flexibility index (Phi) is 8.49. The van der Waals surface area contributed by atoms with Gasteiger partial charge in [0.05, 0.1) is 10.6 Å². The molecule has 3 unspecified atom stereocenters. The van der Waals surface area contributed by atoms with Crippen molar-refractivity contribution >= 4 is 23.4 Å². The lowest BCUT2D eigenvalue weighted by atomic mass is 9.95. The predicted octanol–water partition coefficient (Wildman–Crippen LogP) is 5.23. The Balaban J connectivity index is 0.000000861. The number of hydrogen-bond acceptors (Lipinski definition) is 4. The Hall–Kier alpha value is -2.87. The minimum absolute atomic E-state index is 0.0450. The second-order valence-corrected chi connectivity index (χ2v) is 9.26. The van der Waals surface area contributed by atoms with Crippen LogP contribution in [0.15, 0.2) is 23.0 Å². The summed E-state index contributed by atoms with van der Waals surface area (Å²) in [5.74, 6) is -1.38. The lowest BCUT2D eigenvalue weighted by Gasteiger charge is -2.30. The lowest BCUT2D eigenvalue weighted by Crippen LogP contribution is -2.40. The van der Waals surface area contributed by atoms with Crippen LogP contribution in [0.4, 0.5) is 4.39 Å². The average Bonchev–Trinajstić information content (AvgIpc) is 3.62. The minimum Gasteiger partial charge on any atom is -0.502 e. The van der Waals surface area contributed by atoms with Crippen LogP contribution in [-0.4, -0.2) is 44.9 Å². The van der Waals surface area contributed by atoms with E-state index in [1.165, 1.54) is 27.7 Å². The molecular formula is C27H35ClFN3O4. The summed E-state index contributed by atoms with van der Waals surface area (Å²) in [5.41, 5.74) is 0.457. The summed E-state index contributed by atoms with van der Waals surface area (Å²) in [6.07, 6.45) is 1.79. The van der Waals surface area contributed by atoms with E-state index in [0.29, 0.717) is 30.0 Å². The molecule has 196 valence electrons. The number of fused-ring (bicyclic) bond motifs is 3. The van der Waals surface area contributed by atoms with Gasteiger partial charge in [-0.1, -0.05) is 58.7 Å². The first-order valence-electron chi connectivity index (χ1n) is 12.7. The zero-order valence-electron chi connectivity index (χ0n) is 21.8. The van der Waals surface area contributed by atoms with Crippen molar-refractivity contribution in [2.45, 2.75) is 66.6 Å². The highest BCUT2D eigenvalue weighted by atomic mass is 35.5. The van der Waals surface area contributed by atoms with Gasteiger partial charge in [-0.05, 0) is 36.5 Å².